The summed E-state index contributed by atoms with van der Waals surface area (Å²) >= 11 is 0. The van der Waals surface area contributed by atoms with E-state index in [4.69, 9.17) is 10.2 Å². The zero-order valence-electron chi connectivity index (χ0n) is 16.3. The molecule has 28 heavy (non-hydrogen) atoms. The summed E-state index contributed by atoms with van der Waals surface area (Å²) in [5.41, 5.74) is 7.97. The highest BCUT2D eigenvalue weighted by Gasteiger charge is 2.26. The van der Waals surface area contributed by atoms with E-state index in [-0.39, 0.29) is 22.3 Å². The van der Waals surface area contributed by atoms with E-state index in [0.717, 1.165) is 5.69 Å². The molecule has 0 saturated carbocycles. The van der Waals surface area contributed by atoms with Crippen LogP contribution >= 0.6 is 0 Å². The highest BCUT2D eigenvalue weighted by molar-refractivity contribution is 5.78. The van der Waals surface area contributed by atoms with Crippen LogP contribution in [0, 0.1) is 0 Å². The minimum atomic E-state index is -0.218. The molecule has 0 saturated heterocycles. The zero-order valence-corrected chi connectivity index (χ0v) is 16.3. The highest BCUT2D eigenvalue weighted by Crippen LogP contribution is 2.23. The molecular weight excluding hydrogens is 356 g/mol. The number of rotatable bonds is 2. The first-order valence-corrected chi connectivity index (χ1v) is 9.39. The number of para-hydroxylation sites is 1. The van der Waals surface area contributed by atoms with Crippen LogP contribution in [0.15, 0.2) is 38.3 Å². The van der Waals surface area contributed by atoms with Gasteiger partial charge >= 0.3 is 0 Å². The van der Waals surface area contributed by atoms with Gasteiger partial charge in [-0.25, -0.2) is 4.98 Å². The first-order valence-electron chi connectivity index (χ1n) is 9.39. The number of hydrogen-bond acceptors (Lipinski definition) is 6. The summed E-state index contributed by atoms with van der Waals surface area (Å²) in [5.74, 6) is 0.828. The normalized spacial score (nSPS) is 15.0. The molecule has 3 aromatic rings. The Labute approximate surface area is 162 Å². The Morgan fingerprint density at radius 1 is 1.25 bits per heavy atom. The summed E-state index contributed by atoms with van der Waals surface area (Å²) in [6.07, 6.45) is 0.654. The zero-order chi connectivity index (χ0) is 20.1. The Morgan fingerprint density at radius 3 is 2.75 bits per heavy atom. The van der Waals surface area contributed by atoms with Gasteiger partial charge in [0, 0.05) is 31.5 Å². The minimum Gasteiger partial charge on any atom is -0.440 e. The lowest BCUT2D eigenvalue weighted by Gasteiger charge is -2.28. The molecule has 0 amide bonds. The number of benzene rings is 1. The van der Waals surface area contributed by atoms with Gasteiger partial charge in [0.25, 0.3) is 5.56 Å². The number of aromatic nitrogens is 2. The van der Waals surface area contributed by atoms with Crippen molar-refractivity contribution in [3.05, 3.63) is 67.5 Å². The van der Waals surface area contributed by atoms with Gasteiger partial charge in [-0.1, -0.05) is 32.9 Å². The summed E-state index contributed by atoms with van der Waals surface area (Å²) in [5, 5.41) is 0.512. The maximum Gasteiger partial charge on any atom is 0.255 e. The van der Waals surface area contributed by atoms with Crippen LogP contribution in [0.5, 0.6) is 0 Å². The lowest BCUT2D eigenvalue weighted by atomic mass is 9.95. The van der Waals surface area contributed by atoms with E-state index in [1.165, 1.54) is 0 Å². The van der Waals surface area contributed by atoms with Crippen molar-refractivity contribution in [1.82, 2.24) is 14.9 Å². The van der Waals surface area contributed by atoms with E-state index in [1.807, 2.05) is 25.7 Å². The molecule has 2 aromatic heterocycles. The standard InChI is InChI=1S/C21H24N4O3/c1-21(2,3)20-23-15-8-9-25(10-13(15)19(27)24-20)11-14-17(26)12-6-4-5-7-16(12)28-18(14)22/h4-7H,8-11,22H2,1-3H3,(H,23,24,27). The third-order valence-electron chi connectivity index (χ3n) is 5.16. The maximum atomic E-state index is 12.8. The van der Waals surface area contributed by atoms with Crippen LogP contribution in [0.25, 0.3) is 11.0 Å². The van der Waals surface area contributed by atoms with E-state index in [0.29, 0.717) is 54.0 Å². The number of nitrogens with zero attached hydrogens (tertiary/aromatic N) is 2. The number of nitrogens with one attached hydrogen (secondary N) is 1. The van der Waals surface area contributed by atoms with Gasteiger partial charge in [-0.15, -0.1) is 0 Å². The second kappa shape index (κ2) is 6.60. The molecule has 3 N–H and O–H groups in total. The summed E-state index contributed by atoms with van der Waals surface area (Å²) < 4.78 is 5.63. The Hall–Kier alpha value is -2.93. The number of aromatic amines is 1. The average molecular weight is 380 g/mol. The fraction of sp³-hybridized carbons (Fsp3) is 0.381. The maximum absolute atomic E-state index is 12.8. The van der Waals surface area contributed by atoms with Gasteiger partial charge in [0.15, 0.2) is 11.3 Å². The second-order valence-electron chi connectivity index (χ2n) is 8.32. The van der Waals surface area contributed by atoms with Crippen molar-refractivity contribution < 1.29 is 4.42 Å². The predicted octanol–water partition coefficient (Wildman–Crippen LogP) is 2.31. The van der Waals surface area contributed by atoms with Crippen LogP contribution < -0.4 is 16.7 Å². The van der Waals surface area contributed by atoms with Crippen LogP contribution in [0.1, 0.15) is 43.4 Å². The second-order valence-corrected chi connectivity index (χ2v) is 8.32. The quantitative estimate of drug-likeness (QED) is 0.707. The van der Waals surface area contributed by atoms with E-state index < -0.39 is 0 Å². The van der Waals surface area contributed by atoms with Crippen LogP contribution in [0.3, 0.4) is 0 Å². The van der Waals surface area contributed by atoms with Crippen LogP contribution in [0.2, 0.25) is 0 Å². The van der Waals surface area contributed by atoms with Gasteiger partial charge in [-0.05, 0) is 12.1 Å². The van der Waals surface area contributed by atoms with Crippen molar-refractivity contribution in [3.8, 4) is 0 Å². The van der Waals surface area contributed by atoms with Crippen molar-refractivity contribution >= 4 is 16.9 Å². The van der Waals surface area contributed by atoms with Gasteiger partial charge < -0.3 is 15.1 Å². The Bertz CT molecular complexity index is 1170. The van der Waals surface area contributed by atoms with Crippen molar-refractivity contribution in [2.24, 2.45) is 0 Å². The molecule has 1 aliphatic heterocycles. The van der Waals surface area contributed by atoms with E-state index >= 15 is 0 Å². The lowest BCUT2D eigenvalue weighted by Crippen LogP contribution is -2.38. The fourth-order valence-electron chi connectivity index (χ4n) is 3.54. The molecule has 0 bridgehead atoms. The third-order valence-corrected chi connectivity index (χ3v) is 5.16. The molecule has 1 aromatic carbocycles. The van der Waals surface area contributed by atoms with Gasteiger partial charge in [0.05, 0.1) is 22.2 Å². The third kappa shape index (κ3) is 3.22. The molecule has 0 spiro atoms. The molecule has 7 nitrogen and oxygen atoms in total. The monoisotopic (exact) mass is 380 g/mol. The Kier molecular flexibility index (Phi) is 4.34. The highest BCUT2D eigenvalue weighted by atomic mass is 16.3. The average Bonchev–Trinajstić information content (AvgIpc) is 2.64. The summed E-state index contributed by atoms with van der Waals surface area (Å²) in [6.45, 7) is 7.52. The Morgan fingerprint density at radius 2 is 2.00 bits per heavy atom. The van der Waals surface area contributed by atoms with Gasteiger partial charge in [0.2, 0.25) is 0 Å². The number of anilines is 1. The van der Waals surface area contributed by atoms with Crippen molar-refractivity contribution in [2.75, 3.05) is 12.3 Å². The smallest absolute Gasteiger partial charge is 0.255 e. The topological polar surface area (TPSA) is 105 Å². The van der Waals surface area contributed by atoms with Crippen LogP contribution in [-0.2, 0) is 24.9 Å². The molecule has 0 aliphatic carbocycles. The number of fused-ring (bicyclic) bond motifs is 2. The number of nitrogen functional groups attached to an aromatic ring is 1. The molecule has 146 valence electrons. The SMILES string of the molecule is CC(C)(C)c1nc2c(c(=O)[nH]1)CN(Cc1c(N)oc3ccccc3c1=O)CC2. The summed E-state index contributed by atoms with van der Waals surface area (Å²) in [4.78, 5) is 35.1. The van der Waals surface area contributed by atoms with Gasteiger partial charge in [-0.3, -0.25) is 14.5 Å². The first-order chi connectivity index (χ1) is 13.2. The molecular formula is C21H24N4O3. The molecule has 0 fully saturated rings. The van der Waals surface area contributed by atoms with Gasteiger partial charge in [0.1, 0.15) is 11.4 Å². The molecule has 0 atom stereocenters. The lowest BCUT2D eigenvalue weighted by molar-refractivity contribution is 0.239. The van der Waals surface area contributed by atoms with Crippen LogP contribution in [0.4, 0.5) is 5.88 Å². The Balaban J connectivity index is 1.65. The fourth-order valence-corrected chi connectivity index (χ4v) is 3.54. The van der Waals surface area contributed by atoms with E-state index in [9.17, 15) is 9.59 Å². The molecule has 0 radical (unpaired) electrons. The van der Waals surface area contributed by atoms with Crippen molar-refractivity contribution in [3.63, 3.8) is 0 Å². The van der Waals surface area contributed by atoms with Gasteiger partial charge in [-0.2, -0.15) is 0 Å². The minimum absolute atomic E-state index is 0.113. The molecule has 3 heterocycles. The van der Waals surface area contributed by atoms with Crippen molar-refractivity contribution in [2.45, 2.75) is 45.7 Å². The van der Waals surface area contributed by atoms with Crippen molar-refractivity contribution in [1.29, 1.82) is 0 Å². The summed E-state index contributed by atoms with van der Waals surface area (Å²) in [6, 6.07) is 7.07. The van der Waals surface area contributed by atoms with E-state index in [2.05, 4.69) is 9.97 Å². The molecule has 4 rings (SSSR count). The van der Waals surface area contributed by atoms with Crippen LogP contribution in [-0.4, -0.2) is 21.4 Å². The predicted molar refractivity (Wildman–Crippen MR) is 108 cm³/mol. The summed E-state index contributed by atoms with van der Waals surface area (Å²) in [7, 11) is 0. The molecule has 7 heteroatoms. The molecule has 0 unspecified atom stereocenters. The van der Waals surface area contributed by atoms with E-state index in [1.54, 1.807) is 24.3 Å². The number of nitrogens with two attached hydrogens (primary N) is 1. The largest absolute Gasteiger partial charge is 0.440 e. The number of hydrogen-bond donors (Lipinski definition) is 2. The molecule has 1 aliphatic rings. The number of H-pyrrole nitrogens is 1. The first kappa shape index (κ1) is 18.4.